The fourth-order valence-electron chi connectivity index (χ4n) is 2.63. The molecule has 1 aromatic heterocycles. The molecule has 2 N–H and O–H groups in total. The van der Waals surface area contributed by atoms with Crippen LogP contribution in [0.4, 0.5) is 17.1 Å². The van der Waals surface area contributed by atoms with Crippen LogP contribution in [-0.2, 0) is 6.42 Å². The zero-order valence-corrected chi connectivity index (χ0v) is 15.3. The average molecular weight is 359 g/mol. The van der Waals surface area contributed by atoms with Gasteiger partial charge in [0.15, 0.2) is 5.78 Å². The van der Waals surface area contributed by atoms with Gasteiger partial charge in [-0.15, -0.1) is 0 Å². The SMILES string of the molecule is CCc1ccc(NC(=O)c2cc(Nc3cccc(C(C)=O)c3)ccn2)cc1. The van der Waals surface area contributed by atoms with Crippen molar-refractivity contribution in [2.24, 2.45) is 0 Å². The minimum Gasteiger partial charge on any atom is -0.355 e. The number of amides is 1. The van der Waals surface area contributed by atoms with Gasteiger partial charge in [-0.3, -0.25) is 14.6 Å². The maximum Gasteiger partial charge on any atom is 0.274 e. The summed E-state index contributed by atoms with van der Waals surface area (Å²) in [6, 6.07) is 18.4. The Bertz CT molecular complexity index is 965. The van der Waals surface area contributed by atoms with Gasteiger partial charge in [0.2, 0.25) is 0 Å². The van der Waals surface area contributed by atoms with Crippen LogP contribution in [0.25, 0.3) is 0 Å². The predicted molar refractivity (Wildman–Crippen MR) is 108 cm³/mol. The molecule has 0 saturated carbocycles. The number of ketones is 1. The van der Waals surface area contributed by atoms with E-state index in [0.717, 1.165) is 23.5 Å². The summed E-state index contributed by atoms with van der Waals surface area (Å²) in [7, 11) is 0. The van der Waals surface area contributed by atoms with E-state index in [9.17, 15) is 9.59 Å². The second-order valence-corrected chi connectivity index (χ2v) is 6.20. The summed E-state index contributed by atoms with van der Waals surface area (Å²) < 4.78 is 0. The highest BCUT2D eigenvalue weighted by Gasteiger charge is 2.09. The zero-order chi connectivity index (χ0) is 19.2. The van der Waals surface area contributed by atoms with E-state index in [2.05, 4.69) is 22.5 Å². The Morgan fingerprint density at radius 3 is 2.37 bits per heavy atom. The molecule has 1 amide bonds. The van der Waals surface area contributed by atoms with Crippen molar-refractivity contribution < 1.29 is 9.59 Å². The first-order valence-electron chi connectivity index (χ1n) is 8.79. The van der Waals surface area contributed by atoms with Gasteiger partial charge in [-0.2, -0.15) is 0 Å². The third kappa shape index (κ3) is 4.79. The van der Waals surface area contributed by atoms with Gasteiger partial charge in [-0.25, -0.2) is 0 Å². The standard InChI is InChI=1S/C22H21N3O2/c1-3-16-7-9-18(10-8-16)25-22(27)21-14-20(11-12-23-21)24-19-6-4-5-17(13-19)15(2)26/h4-14H,3H2,1-2H3,(H,23,24)(H,25,27). The number of aryl methyl sites for hydroxylation is 1. The average Bonchev–Trinajstić information content (AvgIpc) is 2.69. The lowest BCUT2D eigenvalue weighted by Gasteiger charge is -2.09. The van der Waals surface area contributed by atoms with E-state index in [4.69, 9.17) is 0 Å². The minimum atomic E-state index is -0.277. The number of rotatable bonds is 6. The number of hydrogen-bond donors (Lipinski definition) is 2. The second kappa shape index (κ2) is 8.27. The number of benzene rings is 2. The number of nitrogens with one attached hydrogen (secondary N) is 2. The Labute approximate surface area is 158 Å². The van der Waals surface area contributed by atoms with Crippen molar-refractivity contribution in [3.8, 4) is 0 Å². The molecule has 0 unspecified atom stereocenters. The maximum absolute atomic E-state index is 12.5. The Morgan fingerprint density at radius 2 is 1.67 bits per heavy atom. The summed E-state index contributed by atoms with van der Waals surface area (Å²) in [4.78, 5) is 28.1. The molecule has 0 radical (unpaired) electrons. The van der Waals surface area contributed by atoms with Gasteiger partial charge in [-0.1, -0.05) is 31.2 Å². The molecule has 0 bridgehead atoms. The van der Waals surface area contributed by atoms with Crippen LogP contribution < -0.4 is 10.6 Å². The topological polar surface area (TPSA) is 71.1 Å². The van der Waals surface area contributed by atoms with Crippen LogP contribution in [0.3, 0.4) is 0 Å². The highest BCUT2D eigenvalue weighted by Crippen LogP contribution is 2.19. The zero-order valence-electron chi connectivity index (χ0n) is 15.3. The third-order valence-corrected chi connectivity index (χ3v) is 4.17. The van der Waals surface area contributed by atoms with Gasteiger partial charge >= 0.3 is 0 Å². The fourth-order valence-corrected chi connectivity index (χ4v) is 2.63. The van der Waals surface area contributed by atoms with Gasteiger partial charge in [-0.05, 0) is 55.3 Å². The molecule has 0 spiro atoms. The monoisotopic (exact) mass is 359 g/mol. The molecule has 2 aromatic carbocycles. The Hall–Kier alpha value is -3.47. The summed E-state index contributed by atoms with van der Waals surface area (Å²) in [5.74, 6) is -0.275. The molecule has 0 atom stereocenters. The quantitative estimate of drug-likeness (QED) is 0.618. The largest absolute Gasteiger partial charge is 0.355 e. The lowest BCUT2D eigenvalue weighted by molar-refractivity contribution is 0.101. The molecule has 3 rings (SSSR count). The number of pyridine rings is 1. The van der Waals surface area contributed by atoms with Crippen molar-refractivity contribution in [3.63, 3.8) is 0 Å². The highest BCUT2D eigenvalue weighted by molar-refractivity contribution is 6.03. The molecule has 5 nitrogen and oxygen atoms in total. The third-order valence-electron chi connectivity index (χ3n) is 4.17. The Morgan fingerprint density at radius 1 is 0.926 bits per heavy atom. The number of hydrogen-bond acceptors (Lipinski definition) is 4. The molecule has 27 heavy (non-hydrogen) atoms. The molecule has 5 heteroatoms. The maximum atomic E-state index is 12.5. The Balaban J connectivity index is 1.73. The van der Waals surface area contributed by atoms with Crippen molar-refractivity contribution in [2.75, 3.05) is 10.6 Å². The van der Waals surface area contributed by atoms with Crippen molar-refractivity contribution in [3.05, 3.63) is 83.7 Å². The number of nitrogens with zero attached hydrogens (tertiary/aromatic N) is 1. The smallest absolute Gasteiger partial charge is 0.274 e. The Kier molecular flexibility index (Phi) is 5.61. The van der Waals surface area contributed by atoms with Crippen molar-refractivity contribution in [1.29, 1.82) is 0 Å². The lowest BCUT2D eigenvalue weighted by Crippen LogP contribution is -2.13. The van der Waals surface area contributed by atoms with E-state index in [1.807, 2.05) is 36.4 Å². The summed E-state index contributed by atoms with van der Waals surface area (Å²) in [6.45, 7) is 3.61. The highest BCUT2D eigenvalue weighted by atomic mass is 16.2. The van der Waals surface area contributed by atoms with Crippen LogP contribution in [0.15, 0.2) is 66.9 Å². The summed E-state index contributed by atoms with van der Waals surface area (Å²) >= 11 is 0. The molecule has 3 aromatic rings. The van der Waals surface area contributed by atoms with Crippen molar-refractivity contribution >= 4 is 28.8 Å². The van der Waals surface area contributed by atoms with Gasteiger partial charge in [0.05, 0.1) is 0 Å². The van der Waals surface area contributed by atoms with Gasteiger partial charge in [0, 0.05) is 28.8 Å². The first-order chi connectivity index (χ1) is 13.0. The van der Waals surface area contributed by atoms with Crippen LogP contribution in [0.5, 0.6) is 0 Å². The number of carbonyl (C=O) groups is 2. The minimum absolute atomic E-state index is 0.00235. The van der Waals surface area contributed by atoms with E-state index >= 15 is 0 Å². The van der Waals surface area contributed by atoms with Crippen LogP contribution in [0.2, 0.25) is 0 Å². The van der Waals surface area contributed by atoms with E-state index in [-0.39, 0.29) is 11.7 Å². The first-order valence-corrected chi connectivity index (χ1v) is 8.79. The summed E-state index contributed by atoms with van der Waals surface area (Å²) in [5.41, 5.74) is 4.37. The number of Topliss-reactive ketones (excluding diaryl/α,β-unsaturated/α-hetero) is 1. The molecule has 0 aliphatic rings. The van der Waals surface area contributed by atoms with Crippen molar-refractivity contribution in [1.82, 2.24) is 4.98 Å². The van der Waals surface area contributed by atoms with Gasteiger partial charge < -0.3 is 10.6 Å². The fraction of sp³-hybridized carbons (Fsp3) is 0.136. The predicted octanol–water partition coefficient (Wildman–Crippen LogP) is 4.84. The number of carbonyl (C=O) groups excluding carboxylic acids is 2. The van der Waals surface area contributed by atoms with E-state index in [1.165, 1.54) is 12.5 Å². The normalized spacial score (nSPS) is 10.3. The molecule has 0 aliphatic carbocycles. The van der Waals surface area contributed by atoms with Gasteiger partial charge in [0.1, 0.15) is 5.69 Å². The van der Waals surface area contributed by atoms with E-state index in [0.29, 0.717) is 11.3 Å². The van der Waals surface area contributed by atoms with E-state index in [1.54, 1.807) is 30.5 Å². The summed E-state index contributed by atoms with van der Waals surface area (Å²) in [6.07, 6.45) is 2.53. The van der Waals surface area contributed by atoms with Crippen LogP contribution in [0, 0.1) is 0 Å². The molecule has 0 fully saturated rings. The van der Waals surface area contributed by atoms with Crippen LogP contribution in [0.1, 0.15) is 40.3 Å². The molecular weight excluding hydrogens is 338 g/mol. The van der Waals surface area contributed by atoms with Gasteiger partial charge in [0.25, 0.3) is 5.91 Å². The number of anilines is 3. The van der Waals surface area contributed by atoms with E-state index < -0.39 is 0 Å². The van der Waals surface area contributed by atoms with Crippen LogP contribution in [-0.4, -0.2) is 16.7 Å². The number of aromatic nitrogens is 1. The lowest BCUT2D eigenvalue weighted by atomic mass is 10.1. The summed E-state index contributed by atoms with van der Waals surface area (Å²) in [5, 5.41) is 6.05. The molecule has 0 saturated heterocycles. The second-order valence-electron chi connectivity index (χ2n) is 6.20. The molecule has 1 heterocycles. The van der Waals surface area contributed by atoms with Crippen molar-refractivity contribution in [2.45, 2.75) is 20.3 Å². The van der Waals surface area contributed by atoms with Crippen LogP contribution >= 0.6 is 0 Å². The molecule has 136 valence electrons. The first kappa shape index (κ1) is 18.3. The molecular formula is C22H21N3O2. The molecule has 0 aliphatic heterocycles.